The molecule has 108 valence electrons. The van der Waals surface area contributed by atoms with Crippen molar-refractivity contribution in [2.45, 2.75) is 39.3 Å². The lowest BCUT2D eigenvalue weighted by molar-refractivity contribution is 0.202. The van der Waals surface area contributed by atoms with Crippen LogP contribution in [0.15, 0.2) is 18.2 Å². The Morgan fingerprint density at radius 3 is 2.47 bits per heavy atom. The molecule has 0 aromatic heterocycles. The monoisotopic (exact) mass is 284 g/mol. The third kappa shape index (κ3) is 4.37. The molecule has 1 aromatic rings. The molecule has 0 aliphatic carbocycles. The molecule has 2 N–H and O–H groups in total. The van der Waals surface area contributed by atoms with E-state index in [0.29, 0.717) is 19.2 Å². The smallest absolute Gasteiger partial charge is 0.0642 e. The predicted molar refractivity (Wildman–Crippen MR) is 82.9 cm³/mol. The Morgan fingerprint density at radius 2 is 2.00 bits per heavy atom. The molecule has 3 nitrogen and oxygen atoms in total. The van der Waals surface area contributed by atoms with Gasteiger partial charge >= 0.3 is 0 Å². The van der Waals surface area contributed by atoms with Crippen molar-refractivity contribution in [1.29, 1.82) is 0 Å². The zero-order valence-corrected chi connectivity index (χ0v) is 12.9. The van der Waals surface area contributed by atoms with Gasteiger partial charge < -0.3 is 15.4 Å². The quantitative estimate of drug-likeness (QED) is 0.795. The first-order valence-corrected chi connectivity index (χ1v) is 7.29. The number of methoxy groups -OCH3 is 1. The van der Waals surface area contributed by atoms with Gasteiger partial charge in [0.2, 0.25) is 0 Å². The maximum absolute atomic E-state index is 6.40. The first kappa shape index (κ1) is 16.3. The summed E-state index contributed by atoms with van der Waals surface area (Å²) in [7, 11) is 1.73. The van der Waals surface area contributed by atoms with Crippen LogP contribution in [0, 0.1) is 0 Å². The molecule has 0 bridgehead atoms. The maximum atomic E-state index is 6.40. The Morgan fingerprint density at radius 1 is 1.32 bits per heavy atom. The van der Waals surface area contributed by atoms with Crippen LogP contribution in [0.5, 0.6) is 0 Å². The number of anilines is 1. The average Bonchev–Trinajstić information content (AvgIpc) is 2.44. The van der Waals surface area contributed by atoms with Crippen LogP contribution in [-0.2, 0) is 11.3 Å². The number of ether oxygens (including phenoxy) is 1. The highest BCUT2D eigenvalue weighted by Crippen LogP contribution is 2.29. The Kier molecular flexibility index (Phi) is 7.21. The van der Waals surface area contributed by atoms with Crippen LogP contribution in [0.25, 0.3) is 0 Å². The predicted octanol–water partition coefficient (Wildman–Crippen LogP) is 3.44. The molecule has 0 radical (unpaired) electrons. The molecule has 0 atom stereocenters. The van der Waals surface area contributed by atoms with Gasteiger partial charge in [0.05, 0.1) is 17.3 Å². The van der Waals surface area contributed by atoms with Crippen LogP contribution < -0.4 is 10.6 Å². The fourth-order valence-corrected chi connectivity index (χ4v) is 2.64. The van der Waals surface area contributed by atoms with Crippen molar-refractivity contribution in [3.05, 3.63) is 28.8 Å². The second kappa shape index (κ2) is 8.41. The highest BCUT2D eigenvalue weighted by molar-refractivity contribution is 6.33. The SMILES string of the molecule is CCC(CC)N(CCOC)c1ccc(CN)cc1Cl. The van der Waals surface area contributed by atoms with E-state index in [-0.39, 0.29) is 0 Å². The topological polar surface area (TPSA) is 38.5 Å². The fourth-order valence-electron chi connectivity index (χ4n) is 2.33. The molecule has 0 saturated heterocycles. The molecular formula is C15H25ClN2O. The van der Waals surface area contributed by atoms with Crippen molar-refractivity contribution < 1.29 is 4.74 Å². The van der Waals surface area contributed by atoms with E-state index in [2.05, 4.69) is 24.8 Å². The number of nitrogens with two attached hydrogens (primary N) is 1. The molecule has 0 amide bonds. The molecule has 0 aliphatic heterocycles. The number of hydrogen-bond acceptors (Lipinski definition) is 3. The van der Waals surface area contributed by atoms with Gasteiger partial charge in [0, 0.05) is 26.2 Å². The molecule has 1 aromatic carbocycles. The summed E-state index contributed by atoms with van der Waals surface area (Å²) in [5.74, 6) is 0. The second-order valence-electron chi connectivity index (χ2n) is 4.65. The summed E-state index contributed by atoms with van der Waals surface area (Å²) >= 11 is 6.40. The zero-order chi connectivity index (χ0) is 14.3. The van der Waals surface area contributed by atoms with E-state index in [1.54, 1.807) is 7.11 Å². The van der Waals surface area contributed by atoms with Crippen LogP contribution >= 0.6 is 11.6 Å². The summed E-state index contributed by atoms with van der Waals surface area (Å²) in [6.45, 7) is 6.48. The van der Waals surface area contributed by atoms with Gasteiger partial charge in [0.1, 0.15) is 0 Å². The number of hydrogen-bond donors (Lipinski definition) is 1. The molecule has 0 fully saturated rings. The van der Waals surface area contributed by atoms with E-state index in [4.69, 9.17) is 22.1 Å². The van der Waals surface area contributed by atoms with Crippen LogP contribution in [-0.4, -0.2) is 26.3 Å². The summed E-state index contributed by atoms with van der Waals surface area (Å²) in [5, 5.41) is 0.769. The van der Waals surface area contributed by atoms with Crippen molar-refractivity contribution in [1.82, 2.24) is 0 Å². The number of halogens is 1. The van der Waals surface area contributed by atoms with Gasteiger partial charge in [0.15, 0.2) is 0 Å². The Labute approximate surface area is 121 Å². The molecular weight excluding hydrogens is 260 g/mol. The number of rotatable bonds is 8. The highest BCUT2D eigenvalue weighted by atomic mass is 35.5. The third-order valence-electron chi connectivity index (χ3n) is 3.48. The lowest BCUT2D eigenvalue weighted by atomic mass is 10.1. The normalized spacial score (nSPS) is 11.1. The van der Waals surface area contributed by atoms with E-state index < -0.39 is 0 Å². The van der Waals surface area contributed by atoms with Gasteiger partial charge in [-0.25, -0.2) is 0 Å². The summed E-state index contributed by atoms with van der Waals surface area (Å²) in [4.78, 5) is 2.34. The molecule has 0 unspecified atom stereocenters. The maximum Gasteiger partial charge on any atom is 0.0642 e. The van der Waals surface area contributed by atoms with Crippen LogP contribution in [0.4, 0.5) is 5.69 Å². The minimum atomic E-state index is 0.483. The Hall–Kier alpha value is -0.770. The summed E-state index contributed by atoms with van der Waals surface area (Å²) in [6.07, 6.45) is 2.18. The summed E-state index contributed by atoms with van der Waals surface area (Å²) < 4.78 is 5.21. The Balaban J connectivity index is 3.01. The van der Waals surface area contributed by atoms with Gasteiger partial charge in [-0.3, -0.25) is 0 Å². The van der Waals surface area contributed by atoms with Crippen molar-refractivity contribution in [2.75, 3.05) is 25.2 Å². The number of benzene rings is 1. The minimum Gasteiger partial charge on any atom is -0.383 e. The van der Waals surface area contributed by atoms with Crippen molar-refractivity contribution in [3.63, 3.8) is 0 Å². The van der Waals surface area contributed by atoms with Gasteiger partial charge in [-0.2, -0.15) is 0 Å². The first-order valence-electron chi connectivity index (χ1n) is 6.91. The van der Waals surface area contributed by atoms with Crippen molar-refractivity contribution >= 4 is 17.3 Å². The van der Waals surface area contributed by atoms with E-state index in [0.717, 1.165) is 35.7 Å². The average molecular weight is 285 g/mol. The van der Waals surface area contributed by atoms with Gasteiger partial charge in [-0.1, -0.05) is 31.5 Å². The van der Waals surface area contributed by atoms with Crippen molar-refractivity contribution in [2.24, 2.45) is 5.73 Å². The summed E-state index contributed by atoms with van der Waals surface area (Å²) in [5.41, 5.74) is 7.78. The summed E-state index contributed by atoms with van der Waals surface area (Å²) in [6, 6.07) is 6.55. The standard InChI is InChI=1S/C15H25ClN2O/c1-4-13(5-2)18(8-9-19-3)15-7-6-12(11-17)10-14(15)16/h6-7,10,13H,4-5,8-9,11,17H2,1-3H3. The highest BCUT2D eigenvalue weighted by Gasteiger charge is 2.18. The van der Waals surface area contributed by atoms with E-state index >= 15 is 0 Å². The van der Waals surface area contributed by atoms with Crippen molar-refractivity contribution in [3.8, 4) is 0 Å². The van der Waals surface area contributed by atoms with Crippen LogP contribution in [0.1, 0.15) is 32.3 Å². The third-order valence-corrected chi connectivity index (χ3v) is 3.78. The molecule has 1 rings (SSSR count). The molecule has 0 aliphatic rings. The fraction of sp³-hybridized carbons (Fsp3) is 0.600. The zero-order valence-electron chi connectivity index (χ0n) is 12.2. The Bertz CT molecular complexity index is 380. The van der Waals surface area contributed by atoms with E-state index in [1.807, 2.05) is 12.1 Å². The number of nitrogens with zero attached hydrogens (tertiary/aromatic N) is 1. The van der Waals surface area contributed by atoms with Gasteiger partial charge in [0.25, 0.3) is 0 Å². The molecule has 0 saturated carbocycles. The largest absolute Gasteiger partial charge is 0.383 e. The van der Waals surface area contributed by atoms with E-state index in [9.17, 15) is 0 Å². The lowest BCUT2D eigenvalue weighted by Crippen LogP contribution is -2.37. The van der Waals surface area contributed by atoms with Gasteiger partial charge in [-0.05, 0) is 30.5 Å². The first-order chi connectivity index (χ1) is 9.17. The lowest BCUT2D eigenvalue weighted by Gasteiger charge is -2.33. The molecule has 4 heteroatoms. The second-order valence-corrected chi connectivity index (χ2v) is 5.05. The molecule has 0 spiro atoms. The minimum absolute atomic E-state index is 0.483. The molecule has 0 heterocycles. The van der Waals surface area contributed by atoms with Crippen LogP contribution in [0.2, 0.25) is 5.02 Å². The van der Waals surface area contributed by atoms with Crippen LogP contribution in [0.3, 0.4) is 0 Å². The van der Waals surface area contributed by atoms with E-state index in [1.165, 1.54) is 0 Å². The van der Waals surface area contributed by atoms with Gasteiger partial charge in [-0.15, -0.1) is 0 Å². The molecule has 19 heavy (non-hydrogen) atoms.